The Bertz CT molecular complexity index is 1230. The highest BCUT2D eigenvalue weighted by atomic mass is 35.5. The van der Waals surface area contributed by atoms with E-state index in [2.05, 4.69) is 0 Å². The molecule has 8 heteroatoms. The molecule has 1 amide bonds. The molecule has 0 aromatic heterocycles. The van der Waals surface area contributed by atoms with Crippen molar-refractivity contribution in [2.45, 2.75) is 12.1 Å². The van der Waals surface area contributed by atoms with Gasteiger partial charge in [0, 0.05) is 27.8 Å². The van der Waals surface area contributed by atoms with Crippen molar-refractivity contribution < 1.29 is 29.3 Å². The van der Waals surface area contributed by atoms with Gasteiger partial charge in [-0.1, -0.05) is 35.9 Å². The first-order chi connectivity index (χ1) is 15.3. The molecule has 32 heavy (non-hydrogen) atoms. The highest BCUT2D eigenvalue weighted by Gasteiger charge is 2.52. The fourth-order valence-corrected chi connectivity index (χ4v) is 4.19. The Morgan fingerprint density at radius 1 is 1.06 bits per heavy atom. The molecule has 0 radical (unpaired) electrons. The third kappa shape index (κ3) is 3.36. The lowest BCUT2D eigenvalue weighted by Crippen LogP contribution is -2.41. The zero-order valence-corrected chi connectivity index (χ0v) is 18.1. The lowest BCUT2D eigenvalue weighted by Gasteiger charge is -2.25. The minimum absolute atomic E-state index is 0.0255. The second kappa shape index (κ2) is 8.18. The van der Waals surface area contributed by atoms with Gasteiger partial charge >= 0.3 is 0 Å². The van der Waals surface area contributed by atoms with Gasteiger partial charge in [0.1, 0.15) is 11.5 Å². The van der Waals surface area contributed by atoms with Crippen LogP contribution in [-0.4, -0.2) is 31.2 Å². The number of rotatable bonds is 6. The highest BCUT2D eigenvalue weighted by molar-refractivity contribution is 6.32. The molecule has 0 saturated heterocycles. The summed E-state index contributed by atoms with van der Waals surface area (Å²) in [6.45, 7) is 0.100. The Balaban J connectivity index is 1.84. The number of halogens is 1. The minimum atomic E-state index is -2.17. The van der Waals surface area contributed by atoms with Crippen molar-refractivity contribution in [1.82, 2.24) is 0 Å². The molecule has 0 aliphatic carbocycles. The van der Waals surface area contributed by atoms with E-state index in [-0.39, 0.29) is 22.7 Å². The molecule has 1 heterocycles. The highest BCUT2D eigenvalue weighted by Crippen LogP contribution is 2.47. The maximum Gasteiger partial charge on any atom is 0.268 e. The van der Waals surface area contributed by atoms with Crippen LogP contribution in [0.1, 0.15) is 27.0 Å². The maximum absolute atomic E-state index is 13.6. The lowest BCUT2D eigenvalue weighted by atomic mass is 9.86. The van der Waals surface area contributed by atoms with Crippen LogP contribution in [0.2, 0.25) is 5.02 Å². The molecule has 0 bridgehead atoms. The number of amides is 1. The summed E-state index contributed by atoms with van der Waals surface area (Å²) < 4.78 is 10.7. The number of benzene rings is 3. The fraction of sp³-hybridized carbons (Fsp3) is 0.167. The standard InChI is InChI=1S/C24H20ClNO6/c1-31-16-9-7-15(21(12-16)32-2)13-26-20-6-4-3-5-17(20)24(30,23(26)29)18-11-14(22(27)28)8-10-19(18)25/h3-12,30H,13H2,1-2H3,(H,27,28)/p-1. The molecule has 3 aromatic rings. The van der Waals surface area contributed by atoms with E-state index in [1.807, 2.05) is 0 Å². The van der Waals surface area contributed by atoms with Gasteiger partial charge in [0.25, 0.3) is 5.91 Å². The van der Waals surface area contributed by atoms with Crippen LogP contribution in [0.3, 0.4) is 0 Å². The van der Waals surface area contributed by atoms with Crippen molar-refractivity contribution in [3.63, 3.8) is 0 Å². The number of carboxylic acids is 1. The zero-order chi connectivity index (χ0) is 23.0. The summed E-state index contributed by atoms with van der Waals surface area (Å²) in [6, 6.07) is 15.7. The molecule has 1 aliphatic heterocycles. The molecular weight excluding hydrogens is 434 g/mol. The molecule has 1 unspecified atom stereocenters. The van der Waals surface area contributed by atoms with Gasteiger partial charge < -0.3 is 29.4 Å². The molecule has 7 nitrogen and oxygen atoms in total. The summed E-state index contributed by atoms with van der Waals surface area (Å²) in [5, 5.41) is 23.1. The number of methoxy groups -OCH3 is 2. The number of carbonyl (C=O) groups excluding carboxylic acids is 2. The summed E-state index contributed by atoms with van der Waals surface area (Å²) in [6.07, 6.45) is 0. The van der Waals surface area contributed by atoms with Crippen LogP contribution < -0.4 is 19.5 Å². The average Bonchev–Trinajstić information content (AvgIpc) is 3.02. The number of para-hydroxylation sites is 1. The predicted molar refractivity (Wildman–Crippen MR) is 116 cm³/mol. The molecule has 0 fully saturated rings. The minimum Gasteiger partial charge on any atom is -0.545 e. The van der Waals surface area contributed by atoms with E-state index in [4.69, 9.17) is 21.1 Å². The van der Waals surface area contributed by atoms with Crippen LogP contribution in [0.25, 0.3) is 0 Å². The Kier molecular flexibility index (Phi) is 5.54. The second-order valence-corrected chi connectivity index (χ2v) is 7.69. The van der Waals surface area contributed by atoms with E-state index < -0.39 is 17.5 Å². The van der Waals surface area contributed by atoms with Crippen molar-refractivity contribution in [2.24, 2.45) is 0 Å². The van der Waals surface area contributed by atoms with Crippen molar-refractivity contribution in [2.75, 3.05) is 19.1 Å². The van der Waals surface area contributed by atoms with Crippen molar-refractivity contribution in [3.05, 3.63) is 87.9 Å². The first-order valence-corrected chi connectivity index (χ1v) is 10.0. The summed E-state index contributed by atoms with van der Waals surface area (Å²) in [7, 11) is 3.05. The summed E-state index contributed by atoms with van der Waals surface area (Å²) in [5.74, 6) is -0.984. The van der Waals surface area contributed by atoms with Crippen LogP contribution in [0, 0.1) is 0 Å². The Hall–Kier alpha value is -3.55. The third-order valence-corrected chi connectivity index (χ3v) is 5.88. The molecule has 3 aromatic carbocycles. The molecule has 1 atom stereocenters. The Morgan fingerprint density at radius 2 is 1.81 bits per heavy atom. The number of fused-ring (bicyclic) bond motifs is 1. The van der Waals surface area contributed by atoms with Crippen LogP contribution in [0.4, 0.5) is 5.69 Å². The van der Waals surface area contributed by atoms with Gasteiger partial charge in [0.05, 0.1) is 32.4 Å². The summed E-state index contributed by atoms with van der Waals surface area (Å²) in [5.41, 5.74) is -0.919. The lowest BCUT2D eigenvalue weighted by molar-refractivity contribution is -0.255. The quantitative estimate of drug-likeness (QED) is 0.617. The van der Waals surface area contributed by atoms with Gasteiger partial charge in [0.2, 0.25) is 0 Å². The van der Waals surface area contributed by atoms with E-state index in [1.165, 1.54) is 30.2 Å². The van der Waals surface area contributed by atoms with Crippen molar-refractivity contribution in [1.29, 1.82) is 0 Å². The number of aliphatic hydroxyl groups is 1. The first-order valence-electron chi connectivity index (χ1n) is 9.67. The molecule has 1 aliphatic rings. The van der Waals surface area contributed by atoms with Gasteiger partial charge in [-0.3, -0.25) is 4.79 Å². The Morgan fingerprint density at radius 3 is 2.50 bits per heavy atom. The fourth-order valence-electron chi connectivity index (χ4n) is 3.93. The van der Waals surface area contributed by atoms with Crippen LogP contribution in [0.15, 0.2) is 60.7 Å². The van der Waals surface area contributed by atoms with E-state index in [0.717, 1.165) is 0 Å². The number of nitrogens with zero attached hydrogens (tertiary/aromatic N) is 1. The van der Waals surface area contributed by atoms with Gasteiger partial charge in [-0.2, -0.15) is 0 Å². The molecular formula is C24H19ClNO6-. The van der Waals surface area contributed by atoms with E-state index >= 15 is 0 Å². The van der Waals surface area contributed by atoms with Crippen molar-refractivity contribution in [3.8, 4) is 11.5 Å². The zero-order valence-electron chi connectivity index (χ0n) is 17.3. The number of ether oxygens (including phenoxy) is 2. The number of aromatic carboxylic acids is 1. The van der Waals surface area contributed by atoms with Gasteiger partial charge in [0.15, 0.2) is 5.60 Å². The normalized spacial score (nSPS) is 17.2. The van der Waals surface area contributed by atoms with Gasteiger partial charge in [-0.05, 0) is 35.9 Å². The smallest absolute Gasteiger partial charge is 0.268 e. The van der Waals surface area contributed by atoms with Crippen LogP contribution in [0.5, 0.6) is 11.5 Å². The first kappa shape index (κ1) is 21.7. The van der Waals surface area contributed by atoms with Crippen LogP contribution in [-0.2, 0) is 16.9 Å². The molecule has 0 saturated carbocycles. The SMILES string of the molecule is COc1ccc(CN2C(=O)C(O)(c3cc(C(=O)[O-])ccc3Cl)c3ccccc32)c(OC)c1. The number of anilines is 1. The van der Waals surface area contributed by atoms with Crippen LogP contribution >= 0.6 is 11.6 Å². The van der Waals surface area contributed by atoms with Gasteiger partial charge in [-0.15, -0.1) is 0 Å². The Labute approximate surface area is 189 Å². The van der Waals surface area contributed by atoms with E-state index in [0.29, 0.717) is 28.3 Å². The van der Waals surface area contributed by atoms with E-state index in [1.54, 1.807) is 49.6 Å². The third-order valence-electron chi connectivity index (χ3n) is 5.55. The second-order valence-electron chi connectivity index (χ2n) is 7.28. The molecule has 0 spiro atoms. The maximum atomic E-state index is 13.6. The number of hydrogen-bond donors (Lipinski definition) is 1. The van der Waals surface area contributed by atoms with Crippen molar-refractivity contribution >= 4 is 29.2 Å². The predicted octanol–water partition coefficient (Wildman–Crippen LogP) is 2.50. The summed E-state index contributed by atoms with van der Waals surface area (Å²) >= 11 is 6.31. The number of hydrogen-bond acceptors (Lipinski definition) is 6. The largest absolute Gasteiger partial charge is 0.545 e. The van der Waals surface area contributed by atoms with E-state index in [9.17, 15) is 19.8 Å². The topological polar surface area (TPSA) is 99.1 Å². The number of carbonyl (C=O) groups is 2. The van der Waals surface area contributed by atoms with Gasteiger partial charge in [-0.25, -0.2) is 0 Å². The average molecular weight is 453 g/mol. The number of carboxylic acid groups (broad SMARTS) is 1. The monoisotopic (exact) mass is 452 g/mol. The summed E-state index contributed by atoms with van der Waals surface area (Å²) in [4.78, 5) is 26.4. The molecule has 164 valence electrons. The molecule has 1 N–H and O–H groups in total. The molecule has 4 rings (SSSR count).